The van der Waals surface area contributed by atoms with Gasteiger partial charge in [0.2, 0.25) is 5.91 Å². The molecule has 1 aliphatic rings. The lowest BCUT2D eigenvalue weighted by Gasteiger charge is -2.32. The van der Waals surface area contributed by atoms with Crippen LogP contribution < -0.4 is 5.32 Å². The molecule has 1 aromatic heterocycles. The van der Waals surface area contributed by atoms with Crippen molar-refractivity contribution < 1.29 is 22.8 Å². The van der Waals surface area contributed by atoms with E-state index in [1.165, 1.54) is 6.08 Å². The molecule has 0 spiro atoms. The monoisotopic (exact) mass is 374 g/mol. The summed E-state index contributed by atoms with van der Waals surface area (Å²) < 4.78 is 39.0. The minimum Gasteiger partial charge on any atom is -0.351 e. The van der Waals surface area contributed by atoms with Crippen molar-refractivity contribution in [3.8, 4) is 0 Å². The number of hydrogen-bond donors (Lipinski definition) is 1. The fourth-order valence-corrected chi connectivity index (χ4v) is 3.84. The highest BCUT2D eigenvalue weighted by Gasteiger charge is 2.46. The molecule has 1 aliphatic carbocycles. The summed E-state index contributed by atoms with van der Waals surface area (Å²) in [4.78, 5) is 25.6. The first kappa shape index (κ1) is 19.5. The topological polar surface area (TPSA) is 49.4 Å². The predicted octanol–water partition coefficient (Wildman–Crippen LogP) is 3.82. The van der Waals surface area contributed by atoms with E-state index in [0.29, 0.717) is 9.78 Å². The van der Waals surface area contributed by atoms with Gasteiger partial charge in [-0.25, -0.2) is 0 Å². The summed E-state index contributed by atoms with van der Waals surface area (Å²) in [6.07, 6.45) is 0.797. The standard InChI is InChI=1S/C17H21F3N2O2S/c1-2-10-22(16(24)17(18,19)20)14(13-9-6-11-25-13)15(23)21-12-7-4-3-5-8-12/h2,6,9,11-12,14H,1,3-5,7-8,10H2,(H,21,23)/t14-/m0/s1. The van der Waals surface area contributed by atoms with Crippen molar-refractivity contribution in [3.05, 3.63) is 35.0 Å². The summed E-state index contributed by atoms with van der Waals surface area (Å²) in [7, 11) is 0. The Labute approximate surface area is 148 Å². The average molecular weight is 374 g/mol. The van der Waals surface area contributed by atoms with E-state index in [4.69, 9.17) is 0 Å². The number of hydrogen-bond acceptors (Lipinski definition) is 3. The Morgan fingerprint density at radius 2 is 2.04 bits per heavy atom. The second-order valence-corrected chi connectivity index (χ2v) is 6.98. The first-order valence-electron chi connectivity index (χ1n) is 8.17. The Balaban J connectivity index is 2.28. The van der Waals surface area contributed by atoms with Gasteiger partial charge in [0.25, 0.3) is 0 Å². The fraction of sp³-hybridized carbons (Fsp3) is 0.529. The van der Waals surface area contributed by atoms with Gasteiger partial charge in [-0.3, -0.25) is 9.59 Å². The molecule has 1 N–H and O–H groups in total. The molecule has 2 amide bonds. The zero-order valence-electron chi connectivity index (χ0n) is 13.7. The van der Waals surface area contributed by atoms with E-state index in [-0.39, 0.29) is 12.6 Å². The molecule has 1 atom stereocenters. The van der Waals surface area contributed by atoms with Crippen molar-refractivity contribution in [1.29, 1.82) is 0 Å². The number of amides is 2. The van der Waals surface area contributed by atoms with Crippen LogP contribution in [0, 0.1) is 0 Å². The fourth-order valence-electron chi connectivity index (χ4n) is 3.01. The molecule has 1 heterocycles. The van der Waals surface area contributed by atoms with Gasteiger partial charge < -0.3 is 10.2 Å². The zero-order valence-corrected chi connectivity index (χ0v) is 14.5. The molecule has 1 aromatic rings. The van der Waals surface area contributed by atoms with Crippen molar-refractivity contribution in [2.24, 2.45) is 0 Å². The number of carbonyl (C=O) groups excluding carboxylic acids is 2. The molecular weight excluding hydrogens is 353 g/mol. The van der Waals surface area contributed by atoms with Crippen molar-refractivity contribution in [2.45, 2.75) is 50.4 Å². The van der Waals surface area contributed by atoms with Crippen LogP contribution in [0.3, 0.4) is 0 Å². The van der Waals surface area contributed by atoms with E-state index >= 15 is 0 Å². The lowest BCUT2D eigenvalue weighted by Crippen LogP contribution is -2.50. The van der Waals surface area contributed by atoms with Crippen molar-refractivity contribution in [3.63, 3.8) is 0 Å². The highest BCUT2D eigenvalue weighted by molar-refractivity contribution is 7.10. The maximum absolute atomic E-state index is 13.0. The van der Waals surface area contributed by atoms with Crippen LogP contribution in [0.5, 0.6) is 0 Å². The molecule has 0 unspecified atom stereocenters. The van der Waals surface area contributed by atoms with Crippen molar-refractivity contribution in [2.75, 3.05) is 6.54 Å². The Morgan fingerprint density at radius 3 is 2.56 bits per heavy atom. The Bertz CT molecular complexity index is 596. The smallest absolute Gasteiger partial charge is 0.351 e. The second kappa shape index (κ2) is 8.51. The largest absolute Gasteiger partial charge is 0.471 e. The summed E-state index contributed by atoms with van der Waals surface area (Å²) in [5.41, 5.74) is 0. The molecule has 2 rings (SSSR count). The summed E-state index contributed by atoms with van der Waals surface area (Å²) in [6.45, 7) is 3.05. The highest BCUT2D eigenvalue weighted by atomic mass is 32.1. The minimum absolute atomic E-state index is 0.0599. The molecule has 25 heavy (non-hydrogen) atoms. The van der Waals surface area contributed by atoms with Crippen LogP contribution in [0.25, 0.3) is 0 Å². The molecule has 1 fully saturated rings. The number of nitrogens with zero attached hydrogens (tertiary/aromatic N) is 1. The third-order valence-corrected chi connectivity index (χ3v) is 5.08. The van der Waals surface area contributed by atoms with E-state index in [1.807, 2.05) is 0 Å². The van der Waals surface area contributed by atoms with Gasteiger partial charge in [0.1, 0.15) is 6.04 Å². The molecule has 138 valence electrons. The number of rotatable bonds is 6. The molecule has 0 aliphatic heterocycles. The van der Waals surface area contributed by atoms with Gasteiger partial charge in [0.15, 0.2) is 0 Å². The first-order chi connectivity index (χ1) is 11.8. The minimum atomic E-state index is -5.05. The van der Waals surface area contributed by atoms with Gasteiger partial charge in [-0.1, -0.05) is 31.4 Å². The van der Waals surface area contributed by atoms with Gasteiger partial charge in [0, 0.05) is 17.5 Å². The van der Waals surface area contributed by atoms with Crippen molar-refractivity contribution >= 4 is 23.2 Å². The van der Waals surface area contributed by atoms with Gasteiger partial charge >= 0.3 is 12.1 Å². The van der Waals surface area contributed by atoms with Crippen molar-refractivity contribution in [1.82, 2.24) is 10.2 Å². The number of halogens is 3. The Kier molecular flexibility index (Phi) is 6.64. The van der Waals surface area contributed by atoms with Crippen LogP contribution >= 0.6 is 11.3 Å². The van der Waals surface area contributed by atoms with E-state index in [1.54, 1.807) is 17.5 Å². The maximum atomic E-state index is 13.0. The van der Waals surface area contributed by atoms with Gasteiger partial charge in [-0.05, 0) is 24.3 Å². The normalized spacial score (nSPS) is 16.9. The quantitative estimate of drug-likeness (QED) is 0.770. The number of thiophene rings is 1. The van der Waals surface area contributed by atoms with Crippen LogP contribution in [0.15, 0.2) is 30.2 Å². The van der Waals surface area contributed by atoms with Gasteiger partial charge in [0.05, 0.1) is 0 Å². The van der Waals surface area contributed by atoms with E-state index in [0.717, 1.165) is 43.4 Å². The van der Waals surface area contributed by atoms with Crippen LogP contribution in [0.1, 0.15) is 43.0 Å². The predicted molar refractivity (Wildman–Crippen MR) is 90.0 cm³/mol. The summed E-state index contributed by atoms with van der Waals surface area (Å²) in [6, 6.07) is 1.84. The number of nitrogens with one attached hydrogen (secondary N) is 1. The molecule has 0 radical (unpaired) electrons. The zero-order chi connectivity index (χ0) is 18.4. The van der Waals surface area contributed by atoms with E-state index in [2.05, 4.69) is 11.9 Å². The average Bonchev–Trinajstić information content (AvgIpc) is 3.08. The SMILES string of the molecule is C=CCN(C(=O)C(F)(F)F)[C@H](C(=O)NC1CCCCC1)c1cccs1. The summed E-state index contributed by atoms with van der Waals surface area (Å²) >= 11 is 1.15. The Hall–Kier alpha value is -1.83. The third kappa shape index (κ3) is 5.07. The second-order valence-electron chi connectivity index (χ2n) is 6.01. The lowest BCUT2D eigenvalue weighted by molar-refractivity contribution is -0.188. The number of alkyl halides is 3. The highest BCUT2D eigenvalue weighted by Crippen LogP contribution is 2.30. The third-order valence-electron chi connectivity index (χ3n) is 4.15. The molecule has 0 saturated heterocycles. The molecule has 0 aromatic carbocycles. The van der Waals surface area contributed by atoms with Crippen LogP contribution in [0.2, 0.25) is 0 Å². The molecule has 8 heteroatoms. The van der Waals surface area contributed by atoms with Gasteiger partial charge in [-0.15, -0.1) is 17.9 Å². The molecular formula is C17H21F3N2O2S. The lowest BCUT2D eigenvalue weighted by atomic mass is 9.95. The summed E-state index contributed by atoms with van der Waals surface area (Å²) in [5, 5.41) is 4.49. The molecule has 1 saturated carbocycles. The van der Waals surface area contributed by atoms with Crippen LogP contribution in [0.4, 0.5) is 13.2 Å². The van der Waals surface area contributed by atoms with Gasteiger partial charge in [-0.2, -0.15) is 13.2 Å². The first-order valence-corrected chi connectivity index (χ1v) is 9.05. The van der Waals surface area contributed by atoms with E-state index < -0.39 is 24.0 Å². The number of carbonyl (C=O) groups is 2. The summed E-state index contributed by atoms with van der Waals surface area (Å²) in [5.74, 6) is -2.61. The Morgan fingerprint density at radius 1 is 1.36 bits per heavy atom. The van der Waals surface area contributed by atoms with E-state index in [9.17, 15) is 22.8 Å². The molecule has 0 bridgehead atoms. The van der Waals surface area contributed by atoms with Crippen LogP contribution in [-0.2, 0) is 9.59 Å². The van der Waals surface area contributed by atoms with Crippen LogP contribution in [-0.4, -0.2) is 35.5 Å². The maximum Gasteiger partial charge on any atom is 0.471 e. The molecule has 4 nitrogen and oxygen atoms in total.